The van der Waals surface area contributed by atoms with E-state index in [4.69, 9.17) is 5.84 Å². The average molecular weight is 279 g/mol. The SMILES string of the molecule is CCC(C)(C)N(C)C(=O)c1nc(C(C)C)ncc1NN. The van der Waals surface area contributed by atoms with E-state index in [1.54, 1.807) is 18.1 Å². The van der Waals surface area contributed by atoms with Crippen LogP contribution in [0.25, 0.3) is 0 Å². The number of hydrogen-bond acceptors (Lipinski definition) is 5. The largest absolute Gasteiger partial charge is 0.335 e. The van der Waals surface area contributed by atoms with Crippen molar-refractivity contribution < 1.29 is 4.79 Å². The van der Waals surface area contributed by atoms with Gasteiger partial charge in [-0.2, -0.15) is 0 Å². The Hall–Kier alpha value is -1.69. The minimum absolute atomic E-state index is 0.151. The first kappa shape index (κ1) is 16.4. The van der Waals surface area contributed by atoms with Crippen LogP contribution < -0.4 is 11.3 Å². The molecular formula is C14H25N5O. The number of anilines is 1. The van der Waals surface area contributed by atoms with Gasteiger partial charge in [-0.05, 0) is 20.3 Å². The number of carbonyl (C=O) groups is 1. The summed E-state index contributed by atoms with van der Waals surface area (Å²) in [7, 11) is 1.78. The number of hydrazine groups is 1. The summed E-state index contributed by atoms with van der Waals surface area (Å²) in [4.78, 5) is 22.9. The molecule has 0 aliphatic carbocycles. The number of nitrogen functional groups attached to an aromatic ring is 1. The normalized spacial score (nSPS) is 11.6. The molecule has 0 aliphatic heterocycles. The van der Waals surface area contributed by atoms with Crippen LogP contribution in [0.2, 0.25) is 0 Å². The third kappa shape index (κ3) is 3.25. The molecule has 6 heteroatoms. The van der Waals surface area contributed by atoms with Crippen molar-refractivity contribution >= 4 is 11.6 Å². The summed E-state index contributed by atoms with van der Waals surface area (Å²) in [6, 6.07) is 0. The summed E-state index contributed by atoms with van der Waals surface area (Å²) in [5.74, 6) is 6.08. The standard InChI is InChI=1S/C14H25N5O/c1-7-14(4,5)19(6)13(20)11-10(18-15)8-16-12(17-11)9(2)3/h8-9,18H,7,15H2,1-6H3. The number of aromatic nitrogens is 2. The minimum atomic E-state index is -0.244. The fourth-order valence-electron chi connectivity index (χ4n) is 1.61. The van der Waals surface area contributed by atoms with Gasteiger partial charge in [-0.3, -0.25) is 10.6 Å². The average Bonchev–Trinajstić information content (AvgIpc) is 2.44. The lowest BCUT2D eigenvalue weighted by Crippen LogP contribution is -2.45. The number of carbonyl (C=O) groups excluding carboxylic acids is 1. The van der Waals surface area contributed by atoms with E-state index in [0.717, 1.165) is 6.42 Å². The van der Waals surface area contributed by atoms with Gasteiger partial charge < -0.3 is 10.3 Å². The highest BCUT2D eigenvalue weighted by Gasteiger charge is 2.29. The Morgan fingerprint density at radius 3 is 2.55 bits per heavy atom. The van der Waals surface area contributed by atoms with Gasteiger partial charge in [-0.15, -0.1) is 0 Å². The van der Waals surface area contributed by atoms with Crippen LogP contribution >= 0.6 is 0 Å². The van der Waals surface area contributed by atoms with Gasteiger partial charge in [0, 0.05) is 18.5 Å². The number of rotatable bonds is 5. The molecule has 0 bridgehead atoms. The van der Waals surface area contributed by atoms with Gasteiger partial charge in [0.05, 0.1) is 11.9 Å². The zero-order valence-electron chi connectivity index (χ0n) is 13.2. The zero-order valence-corrected chi connectivity index (χ0v) is 13.2. The molecule has 0 atom stereocenters. The van der Waals surface area contributed by atoms with Gasteiger partial charge in [0.25, 0.3) is 5.91 Å². The van der Waals surface area contributed by atoms with E-state index >= 15 is 0 Å². The van der Waals surface area contributed by atoms with E-state index in [0.29, 0.717) is 17.2 Å². The second kappa shape index (κ2) is 6.17. The molecule has 0 fully saturated rings. The molecule has 20 heavy (non-hydrogen) atoms. The van der Waals surface area contributed by atoms with Crippen LogP contribution in [0, 0.1) is 0 Å². The Labute approximate surface area is 120 Å². The van der Waals surface area contributed by atoms with E-state index < -0.39 is 0 Å². The topological polar surface area (TPSA) is 84.1 Å². The lowest BCUT2D eigenvalue weighted by molar-refractivity contribution is 0.0614. The maximum atomic E-state index is 12.6. The predicted octanol–water partition coefficient (Wildman–Crippen LogP) is 2.15. The van der Waals surface area contributed by atoms with Crippen LogP contribution in [0.5, 0.6) is 0 Å². The highest BCUT2D eigenvalue weighted by Crippen LogP contribution is 2.22. The molecule has 0 radical (unpaired) electrons. The highest BCUT2D eigenvalue weighted by atomic mass is 16.2. The Kier molecular flexibility index (Phi) is 5.05. The quantitative estimate of drug-likeness (QED) is 0.637. The van der Waals surface area contributed by atoms with Crippen LogP contribution in [-0.2, 0) is 0 Å². The number of hydrogen-bond donors (Lipinski definition) is 2. The highest BCUT2D eigenvalue weighted by molar-refractivity contribution is 5.97. The van der Waals surface area contributed by atoms with Crippen LogP contribution in [0.3, 0.4) is 0 Å². The Morgan fingerprint density at radius 2 is 2.10 bits per heavy atom. The lowest BCUT2D eigenvalue weighted by Gasteiger charge is -2.34. The monoisotopic (exact) mass is 279 g/mol. The number of amides is 1. The summed E-state index contributed by atoms with van der Waals surface area (Å²) >= 11 is 0. The summed E-state index contributed by atoms with van der Waals surface area (Å²) in [5.41, 5.74) is 3.01. The van der Waals surface area contributed by atoms with Gasteiger partial charge in [0.1, 0.15) is 5.82 Å². The van der Waals surface area contributed by atoms with E-state index in [1.807, 2.05) is 34.6 Å². The number of nitrogens with two attached hydrogens (primary N) is 1. The fourth-order valence-corrected chi connectivity index (χ4v) is 1.61. The minimum Gasteiger partial charge on any atom is -0.335 e. The number of nitrogens with one attached hydrogen (secondary N) is 1. The van der Waals surface area contributed by atoms with Crippen LogP contribution in [0.4, 0.5) is 5.69 Å². The van der Waals surface area contributed by atoms with Crippen molar-refractivity contribution in [2.45, 2.75) is 52.5 Å². The van der Waals surface area contributed by atoms with E-state index in [1.165, 1.54) is 0 Å². The first-order valence-electron chi connectivity index (χ1n) is 6.86. The molecule has 1 heterocycles. The van der Waals surface area contributed by atoms with Gasteiger partial charge in [0.15, 0.2) is 5.69 Å². The molecule has 0 aromatic carbocycles. The molecule has 0 saturated heterocycles. The van der Waals surface area contributed by atoms with Gasteiger partial charge in [0.2, 0.25) is 0 Å². The predicted molar refractivity (Wildman–Crippen MR) is 80.4 cm³/mol. The second-order valence-corrected chi connectivity index (χ2v) is 5.82. The van der Waals surface area contributed by atoms with Crippen molar-refractivity contribution in [3.05, 3.63) is 17.7 Å². The van der Waals surface area contributed by atoms with Crippen molar-refractivity contribution in [2.24, 2.45) is 5.84 Å². The molecule has 0 spiro atoms. The Balaban J connectivity index is 3.23. The molecular weight excluding hydrogens is 254 g/mol. The smallest absolute Gasteiger partial charge is 0.274 e. The molecule has 1 rings (SSSR count). The molecule has 0 aliphatic rings. The second-order valence-electron chi connectivity index (χ2n) is 5.82. The third-order valence-electron chi connectivity index (χ3n) is 3.76. The summed E-state index contributed by atoms with van der Waals surface area (Å²) < 4.78 is 0. The Morgan fingerprint density at radius 1 is 1.50 bits per heavy atom. The fraction of sp³-hybridized carbons (Fsp3) is 0.643. The van der Waals surface area contributed by atoms with E-state index in [2.05, 4.69) is 15.4 Å². The molecule has 0 saturated carbocycles. The van der Waals surface area contributed by atoms with Gasteiger partial charge in [-0.25, -0.2) is 9.97 Å². The molecule has 1 aromatic rings. The van der Waals surface area contributed by atoms with Gasteiger partial charge >= 0.3 is 0 Å². The summed E-state index contributed by atoms with van der Waals surface area (Å²) in [5, 5.41) is 0. The van der Waals surface area contributed by atoms with Crippen molar-refractivity contribution in [2.75, 3.05) is 12.5 Å². The van der Waals surface area contributed by atoms with E-state index in [9.17, 15) is 4.79 Å². The van der Waals surface area contributed by atoms with Crippen molar-refractivity contribution in [3.8, 4) is 0 Å². The molecule has 1 aromatic heterocycles. The van der Waals surface area contributed by atoms with Crippen LogP contribution in [0.1, 0.15) is 63.3 Å². The van der Waals surface area contributed by atoms with Gasteiger partial charge in [-0.1, -0.05) is 20.8 Å². The third-order valence-corrected chi connectivity index (χ3v) is 3.76. The summed E-state index contributed by atoms with van der Waals surface area (Å²) in [6.07, 6.45) is 2.41. The van der Waals surface area contributed by atoms with Crippen molar-refractivity contribution in [1.82, 2.24) is 14.9 Å². The van der Waals surface area contributed by atoms with Crippen LogP contribution in [0.15, 0.2) is 6.20 Å². The zero-order chi connectivity index (χ0) is 15.5. The first-order chi connectivity index (χ1) is 9.24. The molecule has 0 unspecified atom stereocenters. The Bertz CT molecular complexity index is 484. The molecule has 112 valence electrons. The van der Waals surface area contributed by atoms with E-state index in [-0.39, 0.29) is 17.4 Å². The summed E-state index contributed by atoms with van der Waals surface area (Å²) in [6.45, 7) is 10.1. The number of nitrogens with zero attached hydrogens (tertiary/aromatic N) is 3. The maximum absolute atomic E-state index is 12.6. The molecule has 6 nitrogen and oxygen atoms in total. The van der Waals surface area contributed by atoms with Crippen LogP contribution in [-0.4, -0.2) is 33.4 Å². The maximum Gasteiger partial charge on any atom is 0.274 e. The molecule has 3 N–H and O–H groups in total. The lowest BCUT2D eigenvalue weighted by atomic mass is 9.99. The first-order valence-corrected chi connectivity index (χ1v) is 6.86. The molecule has 1 amide bonds. The van der Waals surface area contributed by atoms with Crippen molar-refractivity contribution in [3.63, 3.8) is 0 Å². The van der Waals surface area contributed by atoms with Crippen molar-refractivity contribution in [1.29, 1.82) is 0 Å².